The van der Waals surface area contributed by atoms with Gasteiger partial charge in [-0.1, -0.05) is 17.0 Å². The summed E-state index contributed by atoms with van der Waals surface area (Å²) in [6.07, 6.45) is 0. The number of hydrogen-bond donors (Lipinski definition) is 0. The molecule has 0 aliphatic carbocycles. The van der Waals surface area contributed by atoms with Crippen molar-refractivity contribution in [3.8, 4) is 11.3 Å². The van der Waals surface area contributed by atoms with E-state index < -0.39 is 11.6 Å². The molecule has 0 unspecified atom stereocenters. The first-order chi connectivity index (χ1) is 6.27. The van der Waals surface area contributed by atoms with E-state index in [9.17, 15) is 8.78 Å². The minimum Gasteiger partial charge on any atom is -0.335 e. The Morgan fingerprint density at radius 2 is 2.00 bits per heavy atom. The van der Waals surface area contributed by atoms with Gasteiger partial charge in [-0.15, -0.1) is 6.07 Å². The molecule has 0 spiro atoms. The van der Waals surface area contributed by atoms with E-state index in [4.69, 9.17) is 0 Å². The molecule has 2 aromatic rings. The zero-order valence-corrected chi connectivity index (χ0v) is 8.24. The van der Waals surface area contributed by atoms with Crippen molar-refractivity contribution < 1.29 is 27.6 Å². The van der Waals surface area contributed by atoms with Crippen molar-refractivity contribution in [2.75, 3.05) is 0 Å². The number of halogens is 2. The second-order valence-electron chi connectivity index (χ2n) is 2.43. The predicted molar refractivity (Wildman–Crippen MR) is 46.3 cm³/mol. The van der Waals surface area contributed by atoms with Crippen LogP contribution in [-0.4, -0.2) is 4.98 Å². The van der Waals surface area contributed by atoms with E-state index in [0.29, 0.717) is 11.3 Å². The second-order valence-corrected chi connectivity index (χ2v) is 3.08. The van der Waals surface area contributed by atoms with Crippen LogP contribution in [0.2, 0.25) is 0 Å². The molecule has 0 radical (unpaired) electrons. The smallest absolute Gasteiger partial charge is 0.335 e. The average Bonchev–Trinajstić information content (AvgIpc) is 2.62. The van der Waals surface area contributed by atoms with Crippen molar-refractivity contribution in [1.82, 2.24) is 4.98 Å². The summed E-state index contributed by atoms with van der Waals surface area (Å²) in [6.45, 7) is 0. The summed E-state index contributed by atoms with van der Waals surface area (Å²) >= 11 is 1.29. The summed E-state index contributed by atoms with van der Waals surface area (Å²) in [7, 11) is 0. The van der Waals surface area contributed by atoms with Crippen LogP contribution in [0.4, 0.5) is 8.78 Å². The van der Waals surface area contributed by atoms with Crippen LogP contribution in [0.1, 0.15) is 0 Å². The molecular weight excluding hydrogens is 199 g/mol. The normalized spacial score (nSPS) is 9.57. The van der Waals surface area contributed by atoms with Gasteiger partial charge in [0.1, 0.15) is 5.82 Å². The summed E-state index contributed by atoms with van der Waals surface area (Å²) in [5.41, 5.74) is 2.68. The minimum absolute atomic E-state index is 0. The van der Waals surface area contributed by atoms with Gasteiger partial charge in [-0.25, -0.2) is 8.78 Å². The molecule has 2 rings (SSSR count). The molecular formula is C9H4F2LiNS. The van der Waals surface area contributed by atoms with Gasteiger partial charge in [-0.05, 0) is 17.3 Å². The van der Waals surface area contributed by atoms with Gasteiger partial charge in [0.2, 0.25) is 0 Å². The molecule has 1 aromatic carbocycles. The van der Waals surface area contributed by atoms with Crippen molar-refractivity contribution in [2.45, 2.75) is 0 Å². The molecule has 0 atom stereocenters. The molecule has 66 valence electrons. The zero-order chi connectivity index (χ0) is 9.26. The van der Waals surface area contributed by atoms with Crippen LogP contribution < -0.4 is 18.9 Å². The van der Waals surface area contributed by atoms with E-state index in [1.54, 1.807) is 5.51 Å². The minimum atomic E-state index is -0.862. The van der Waals surface area contributed by atoms with Crippen LogP contribution in [0.25, 0.3) is 11.3 Å². The van der Waals surface area contributed by atoms with Gasteiger partial charge in [-0.2, -0.15) is 0 Å². The fraction of sp³-hybridized carbons (Fsp3) is 0. The van der Waals surface area contributed by atoms with Gasteiger partial charge in [-0.3, -0.25) is 11.3 Å². The average molecular weight is 203 g/mol. The Hall–Kier alpha value is -0.693. The van der Waals surface area contributed by atoms with E-state index >= 15 is 0 Å². The van der Waals surface area contributed by atoms with Gasteiger partial charge < -0.3 is 4.98 Å². The summed E-state index contributed by atoms with van der Waals surface area (Å²) < 4.78 is 25.3. The van der Waals surface area contributed by atoms with Crippen molar-refractivity contribution in [3.63, 3.8) is 0 Å². The third-order valence-electron chi connectivity index (χ3n) is 1.58. The molecule has 0 amide bonds. The Labute approximate surface area is 96.0 Å². The maximum absolute atomic E-state index is 12.8. The number of aromatic nitrogens is 1. The van der Waals surface area contributed by atoms with Crippen molar-refractivity contribution >= 4 is 11.3 Å². The van der Waals surface area contributed by atoms with Gasteiger partial charge >= 0.3 is 18.9 Å². The topological polar surface area (TPSA) is 12.9 Å². The molecule has 0 aliphatic rings. The van der Waals surface area contributed by atoms with E-state index in [1.165, 1.54) is 17.4 Å². The van der Waals surface area contributed by atoms with Crippen molar-refractivity contribution in [2.24, 2.45) is 0 Å². The van der Waals surface area contributed by atoms with Gasteiger partial charge in [0.15, 0.2) is 5.82 Å². The molecule has 1 aromatic heterocycles. The van der Waals surface area contributed by atoms with Gasteiger partial charge in [0, 0.05) is 0 Å². The number of rotatable bonds is 1. The Kier molecular flexibility index (Phi) is 3.82. The predicted octanol–water partition coefficient (Wildman–Crippen LogP) is -0.108. The number of nitrogens with zero attached hydrogens (tertiary/aromatic N) is 1. The molecule has 5 heteroatoms. The Balaban J connectivity index is 0.000000980. The summed E-state index contributed by atoms with van der Waals surface area (Å²) in [5, 5.41) is 2.84. The van der Waals surface area contributed by atoms with Crippen LogP contribution in [0, 0.1) is 17.0 Å². The molecule has 1 heterocycles. The molecule has 1 nitrogen and oxygen atoms in total. The molecule has 0 aliphatic heterocycles. The van der Waals surface area contributed by atoms with E-state index in [0.717, 1.165) is 12.1 Å². The van der Waals surface area contributed by atoms with Gasteiger partial charge in [0.05, 0.1) is 0 Å². The summed E-state index contributed by atoms with van der Waals surface area (Å²) in [4.78, 5) is 3.93. The molecule has 14 heavy (non-hydrogen) atoms. The first-order valence-electron chi connectivity index (χ1n) is 3.54. The number of benzene rings is 1. The molecule has 0 saturated heterocycles. The fourth-order valence-electron chi connectivity index (χ4n) is 0.964. The second kappa shape index (κ2) is 4.70. The van der Waals surface area contributed by atoms with E-state index in [2.05, 4.69) is 10.4 Å². The maximum atomic E-state index is 12.8. The summed E-state index contributed by atoms with van der Waals surface area (Å²) in [6, 6.07) is 3.67. The first-order valence-corrected chi connectivity index (χ1v) is 4.42. The van der Waals surface area contributed by atoms with Crippen LogP contribution in [0.5, 0.6) is 0 Å². The number of hydrogen-bond acceptors (Lipinski definition) is 2. The largest absolute Gasteiger partial charge is 1.00 e. The molecule has 0 saturated carbocycles. The van der Waals surface area contributed by atoms with Crippen LogP contribution in [-0.2, 0) is 0 Å². The Morgan fingerprint density at radius 3 is 2.57 bits per heavy atom. The Bertz CT molecular complexity index is 417. The first kappa shape index (κ1) is 11.4. The molecule has 0 N–H and O–H groups in total. The van der Waals surface area contributed by atoms with Crippen molar-refractivity contribution in [3.05, 3.63) is 40.7 Å². The fourth-order valence-corrected chi connectivity index (χ4v) is 1.46. The van der Waals surface area contributed by atoms with Gasteiger partial charge in [0.25, 0.3) is 0 Å². The maximum Gasteiger partial charge on any atom is 1.00 e. The van der Waals surface area contributed by atoms with E-state index in [1.807, 2.05) is 0 Å². The number of thiazole rings is 1. The molecule has 0 bridgehead atoms. The monoisotopic (exact) mass is 203 g/mol. The third kappa shape index (κ3) is 2.21. The summed E-state index contributed by atoms with van der Waals surface area (Å²) in [5.74, 6) is -1.71. The van der Waals surface area contributed by atoms with Crippen LogP contribution in [0.3, 0.4) is 0 Å². The molecule has 0 fully saturated rings. The SMILES string of the molecule is Fc1ccc(-c2[c-]scn2)cc1F.[Li+]. The Morgan fingerprint density at radius 1 is 1.21 bits per heavy atom. The van der Waals surface area contributed by atoms with Crippen LogP contribution in [0.15, 0.2) is 23.7 Å². The van der Waals surface area contributed by atoms with Crippen LogP contribution >= 0.6 is 11.3 Å². The van der Waals surface area contributed by atoms with Crippen molar-refractivity contribution in [1.29, 1.82) is 0 Å². The standard InChI is InChI=1S/C9H4F2NS.Li/c10-7-2-1-6(3-8(7)11)9-4-13-5-12-9;/h1-3,5H;/q-1;+1. The zero-order valence-electron chi connectivity index (χ0n) is 7.42. The third-order valence-corrected chi connectivity index (χ3v) is 2.11. The van der Waals surface area contributed by atoms with E-state index in [-0.39, 0.29) is 18.9 Å². The quantitative estimate of drug-likeness (QED) is 0.465.